The predicted molar refractivity (Wildman–Crippen MR) is 96.5 cm³/mol. The van der Waals surface area contributed by atoms with Crippen LogP contribution in [0.5, 0.6) is 0 Å². The summed E-state index contributed by atoms with van der Waals surface area (Å²) >= 11 is 0. The van der Waals surface area contributed by atoms with Crippen LogP contribution in [0.1, 0.15) is 28.9 Å². The number of carbonyl (C=O) groups is 1. The minimum atomic E-state index is -0.504. The number of benzene rings is 2. The molecule has 1 unspecified atom stereocenters. The molecule has 0 saturated carbocycles. The van der Waals surface area contributed by atoms with Crippen LogP contribution in [0.3, 0.4) is 0 Å². The third-order valence-electron chi connectivity index (χ3n) is 5.00. The van der Waals surface area contributed by atoms with E-state index in [0.29, 0.717) is 23.7 Å². The minimum Gasteiger partial charge on any atom is -0.334 e. The first-order valence-corrected chi connectivity index (χ1v) is 8.77. The molecule has 2 aromatic carbocycles. The predicted octanol–water partition coefficient (Wildman–Crippen LogP) is 3.05. The summed E-state index contributed by atoms with van der Waals surface area (Å²) in [5.74, 6) is -1.30. The summed E-state index contributed by atoms with van der Waals surface area (Å²) in [6.45, 7) is 0.509. The largest absolute Gasteiger partial charge is 0.334 e. The van der Waals surface area contributed by atoms with Crippen molar-refractivity contribution in [3.05, 3.63) is 75.7 Å². The van der Waals surface area contributed by atoms with Crippen molar-refractivity contribution >= 4 is 16.7 Å². The van der Waals surface area contributed by atoms with Crippen LogP contribution < -0.4 is 5.56 Å². The number of hydrogen-bond donors (Lipinski definition) is 1. The number of nitrogens with zero attached hydrogens (tertiary/aromatic N) is 2. The number of rotatable bonds is 3. The van der Waals surface area contributed by atoms with E-state index in [2.05, 4.69) is 10.2 Å². The van der Waals surface area contributed by atoms with Gasteiger partial charge in [0.1, 0.15) is 11.6 Å². The lowest BCUT2D eigenvalue weighted by Crippen LogP contribution is -2.38. The van der Waals surface area contributed by atoms with Crippen molar-refractivity contribution in [2.24, 2.45) is 0 Å². The highest BCUT2D eigenvalue weighted by molar-refractivity contribution is 6.04. The summed E-state index contributed by atoms with van der Waals surface area (Å²) in [7, 11) is 0. The second kappa shape index (κ2) is 6.90. The monoisotopic (exact) mass is 369 g/mol. The minimum absolute atomic E-state index is 0.164. The van der Waals surface area contributed by atoms with Crippen LogP contribution >= 0.6 is 0 Å². The second-order valence-corrected chi connectivity index (χ2v) is 6.68. The number of amides is 1. The number of H-pyrrole nitrogens is 1. The third-order valence-corrected chi connectivity index (χ3v) is 5.00. The van der Waals surface area contributed by atoms with Crippen molar-refractivity contribution in [2.45, 2.75) is 25.3 Å². The van der Waals surface area contributed by atoms with Gasteiger partial charge in [-0.05, 0) is 49.1 Å². The Morgan fingerprint density at radius 3 is 2.78 bits per heavy atom. The Morgan fingerprint density at radius 1 is 1.19 bits per heavy atom. The molecule has 0 radical (unpaired) electrons. The highest BCUT2D eigenvalue weighted by Gasteiger charge is 2.32. The molecule has 1 aromatic heterocycles. The van der Waals surface area contributed by atoms with Gasteiger partial charge in [0, 0.05) is 18.0 Å². The molecular weight excluding hydrogens is 352 g/mol. The fourth-order valence-corrected chi connectivity index (χ4v) is 3.68. The zero-order chi connectivity index (χ0) is 19.0. The smallest absolute Gasteiger partial charge is 0.275 e. The van der Waals surface area contributed by atoms with Gasteiger partial charge in [-0.2, -0.15) is 5.10 Å². The van der Waals surface area contributed by atoms with E-state index in [9.17, 15) is 18.4 Å². The second-order valence-electron chi connectivity index (χ2n) is 6.68. The molecule has 1 aliphatic heterocycles. The molecule has 5 nitrogen and oxygen atoms in total. The van der Waals surface area contributed by atoms with Gasteiger partial charge in [0.2, 0.25) is 0 Å². The molecule has 3 aromatic rings. The Balaban J connectivity index is 1.66. The van der Waals surface area contributed by atoms with Crippen molar-refractivity contribution in [2.75, 3.05) is 6.54 Å². The molecule has 138 valence electrons. The van der Waals surface area contributed by atoms with Gasteiger partial charge >= 0.3 is 0 Å². The summed E-state index contributed by atoms with van der Waals surface area (Å²) in [5, 5.41) is 7.20. The van der Waals surface area contributed by atoms with Gasteiger partial charge in [-0.3, -0.25) is 9.59 Å². The molecule has 4 rings (SSSR count). The number of fused-ring (bicyclic) bond motifs is 1. The molecule has 1 atom stereocenters. The van der Waals surface area contributed by atoms with Crippen molar-refractivity contribution in [3.63, 3.8) is 0 Å². The number of aromatic amines is 1. The van der Waals surface area contributed by atoms with Gasteiger partial charge in [-0.15, -0.1) is 0 Å². The molecular formula is C20H17F2N3O2. The Bertz CT molecular complexity index is 1080. The van der Waals surface area contributed by atoms with E-state index in [0.717, 1.165) is 18.6 Å². The normalized spacial score (nSPS) is 16.8. The molecule has 1 fully saturated rings. The molecule has 0 bridgehead atoms. The van der Waals surface area contributed by atoms with Crippen LogP contribution in [0.25, 0.3) is 10.8 Å². The first-order valence-electron chi connectivity index (χ1n) is 8.77. The Hall–Kier alpha value is -3.09. The lowest BCUT2D eigenvalue weighted by molar-refractivity contribution is 0.0731. The van der Waals surface area contributed by atoms with Gasteiger partial charge < -0.3 is 4.90 Å². The maximum absolute atomic E-state index is 14.0. The number of carbonyl (C=O) groups excluding carboxylic acids is 1. The zero-order valence-electron chi connectivity index (χ0n) is 14.4. The van der Waals surface area contributed by atoms with Gasteiger partial charge in [0.05, 0.1) is 5.39 Å². The number of halogens is 2. The fraction of sp³-hybridized carbons (Fsp3) is 0.250. The van der Waals surface area contributed by atoms with Crippen LogP contribution in [0.2, 0.25) is 0 Å². The summed E-state index contributed by atoms with van der Waals surface area (Å²) in [4.78, 5) is 26.7. The average molecular weight is 369 g/mol. The van der Waals surface area contributed by atoms with Crippen molar-refractivity contribution < 1.29 is 13.6 Å². The van der Waals surface area contributed by atoms with Crippen LogP contribution in [0, 0.1) is 11.6 Å². The quantitative estimate of drug-likeness (QED) is 0.772. The van der Waals surface area contributed by atoms with Gasteiger partial charge in [0.25, 0.3) is 11.5 Å². The van der Waals surface area contributed by atoms with Crippen molar-refractivity contribution in [1.82, 2.24) is 15.1 Å². The Kier molecular flexibility index (Phi) is 4.43. The maximum Gasteiger partial charge on any atom is 0.275 e. The van der Waals surface area contributed by atoms with E-state index in [1.807, 2.05) is 0 Å². The summed E-state index contributed by atoms with van der Waals surface area (Å²) < 4.78 is 27.5. The fourth-order valence-electron chi connectivity index (χ4n) is 3.68. The lowest BCUT2D eigenvalue weighted by atomic mass is 10.0. The van der Waals surface area contributed by atoms with Gasteiger partial charge in [0.15, 0.2) is 5.69 Å². The molecule has 2 heterocycles. The SMILES string of the molecule is O=C(c1n[nH]c(=O)c2ccccc12)N1CCCC1Cc1cc(F)ccc1F. The van der Waals surface area contributed by atoms with Crippen LogP contribution in [0.15, 0.2) is 47.3 Å². The van der Waals surface area contributed by atoms with Crippen molar-refractivity contribution in [3.8, 4) is 0 Å². The zero-order valence-corrected chi connectivity index (χ0v) is 14.4. The molecule has 7 heteroatoms. The number of likely N-dealkylation sites (tertiary alicyclic amines) is 1. The Morgan fingerprint density at radius 2 is 1.96 bits per heavy atom. The van der Waals surface area contributed by atoms with E-state index in [4.69, 9.17) is 0 Å². The standard InChI is InChI=1S/C20H17F2N3O2/c21-13-7-8-17(22)12(10-13)11-14-4-3-9-25(14)20(27)18-15-5-1-2-6-16(15)19(26)24-23-18/h1-2,5-8,10,14H,3-4,9,11H2,(H,24,26). The van der Waals surface area contributed by atoms with Gasteiger partial charge in [-0.1, -0.05) is 18.2 Å². The molecule has 27 heavy (non-hydrogen) atoms. The number of aromatic nitrogens is 2. The van der Waals surface area contributed by atoms with Crippen LogP contribution in [-0.2, 0) is 6.42 Å². The van der Waals surface area contributed by atoms with Crippen LogP contribution in [-0.4, -0.2) is 33.6 Å². The van der Waals surface area contributed by atoms with E-state index in [-0.39, 0.29) is 35.2 Å². The first kappa shape index (κ1) is 17.3. The highest BCUT2D eigenvalue weighted by Crippen LogP contribution is 2.25. The molecule has 0 spiro atoms. The lowest BCUT2D eigenvalue weighted by Gasteiger charge is -2.25. The molecule has 0 aliphatic carbocycles. The van der Waals surface area contributed by atoms with E-state index in [1.165, 1.54) is 6.07 Å². The number of hydrogen-bond acceptors (Lipinski definition) is 3. The summed E-state index contributed by atoms with van der Waals surface area (Å²) in [5.41, 5.74) is 0.0535. The molecule has 1 amide bonds. The van der Waals surface area contributed by atoms with E-state index in [1.54, 1.807) is 29.2 Å². The van der Waals surface area contributed by atoms with E-state index < -0.39 is 11.6 Å². The van der Waals surface area contributed by atoms with Gasteiger partial charge in [-0.25, -0.2) is 13.9 Å². The maximum atomic E-state index is 14.0. The first-order chi connectivity index (χ1) is 13.0. The van der Waals surface area contributed by atoms with E-state index >= 15 is 0 Å². The summed E-state index contributed by atoms with van der Waals surface area (Å²) in [6.07, 6.45) is 1.70. The molecule has 1 saturated heterocycles. The number of nitrogens with one attached hydrogen (secondary N) is 1. The van der Waals surface area contributed by atoms with Crippen molar-refractivity contribution in [1.29, 1.82) is 0 Å². The Labute approximate surface area is 153 Å². The van der Waals surface area contributed by atoms with Crippen LogP contribution in [0.4, 0.5) is 8.78 Å². The molecule has 1 aliphatic rings. The third kappa shape index (κ3) is 3.20. The topological polar surface area (TPSA) is 66.1 Å². The average Bonchev–Trinajstić information content (AvgIpc) is 3.13. The summed E-state index contributed by atoms with van der Waals surface area (Å²) in [6, 6.07) is 9.88. The highest BCUT2D eigenvalue weighted by atomic mass is 19.1. The molecule has 1 N–H and O–H groups in total.